The first kappa shape index (κ1) is 32.6. The molecule has 0 aliphatic rings. The molecule has 59 heavy (non-hydrogen) atoms. The van der Waals surface area contributed by atoms with Crippen molar-refractivity contribution in [3.8, 4) is 40.8 Å². The lowest BCUT2D eigenvalue weighted by Crippen LogP contribution is -2.01. The summed E-state index contributed by atoms with van der Waals surface area (Å²) >= 11 is 0. The van der Waals surface area contributed by atoms with E-state index in [1.807, 2.05) is 86.5 Å². The highest BCUT2D eigenvalue weighted by atomic mass is 16.5. The summed E-state index contributed by atoms with van der Waals surface area (Å²) in [6, 6.07) is 40.5. The van der Waals surface area contributed by atoms with E-state index >= 15 is 0 Å². The molecule has 12 aromatic rings. The lowest BCUT2D eigenvalue weighted by molar-refractivity contribution is 0.484. The molecule has 0 atom stereocenters. The van der Waals surface area contributed by atoms with Crippen molar-refractivity contribution in [2.45, 2.75) is 0 Å². The van der Waals surface area contributed by atoms with Gasteiger partial charge >= 0.3 is 0 Å². The van der Waals surface area contributed by atoms with Crippen molar-refractivity contribution < 1.29 is 9.47 Å². The summed E-state index contributed by atoms with van der Waals surface area (Å²) in [6.07, 6.45) is 8.97. The van der Waals surface area contributed by atoms with Crippen LogP contribution < -0.4 is 9.47 Å². The molecule has 6 heterocycles. The highest BCUT2D eigenvalue weighted by Crippen LogP contribution is 2.40. The Labute approximate surface area is 332 Å². The van der Waals surface area contributed by atoms with Crippen LogP contribution >= 0.6 is 0 Å². The van der Waals surface area contributed by atoms with E-state index in [2.05, 4.69) is 93.4 Å². The van der Waals surface area contributed by atoms with Crippen LogP contribution in [0.2, 0.25) is 0 Å². The molecule has 0 unspecified atom stereocenters. The molecular weight excluding hydrogens is 741 g/mol. The van der Waals surface area contributed by atoms with E-state index in [4.69, 9.17) is 9.47 Å². The average Bonchev–Trinajstić information content (AvgIpc) is 3.92. The van der Waals surface area contributed by atoms with Crippen molar-refractivity contribution in [2.24, 2.45) is 0 Å². The standard InChI is InChI=1S/C45H26N12O2/c1-3-7-37-31(5-1)33-13-9-27(17-39(33)55(37)43-49-21-46-22-50-43)58-29-11-15-35-36-16-12-30(20-42(36)57(41(35)19-29)45-53-25-48-26-54-45)59-28-10-14-34-32-6-2-4-8-38(32)56(40(34)18-28)44-51-23-47-24-52-44/h1-26H. The molecule has 12 rings (SSSR count). The summed E-state index contributed by atoms with van der Waals surface area (Å²) < 4.78 is 19.2. The van der Waals surface area contributed by atoms with Crippen molar-refractivity contribution in [3.05, 3.63) is 159 Å². The quantitative estimate of drug-likeness (QED) is 0.153. The second-order valence-electron chi connectivity index (χ2n) is 13.8. The third-order valence-corrected chi connectivity index (χ3v) is 10.5. The van der Waals surface area contributed by atoms with Crippen LogP contribution in [0.1, 0.15) is 0 Å². The fourth-order valence-electron chi connectivity index (χ4n) is 8.10. The topological polar surface area (TPSA) is 149 Å². The molecule has 0 spiro atoms. The molecule has 6 aromatic carbocycles. The van der Waals surface area contributed by atoms with E-state index in [1.165, 1.54) is 38.0 Å². The SMILES string of the molecule is c1ccc2c(c1)c1ccc(Oc3ccc4c5ccc(Oc6ccc7c8ccccc8n(-c8ncncn8)c7c6)cc5n(-c5ncncn5)c4c3)cc1n2-c1ncncn1. The summed E-state index contributed by atoms with van der Waals surface area (Å²) in [6.45, 7) is 0. The Morgan fingerprint density at radius 3 is 0.881 bits per heavy atom. The van der Waals surface area contributed by atoms with Crippen LogP contribution in [-0.2, 0) is 0 Å². The number of ether oxygens (including phenoxy) is 2. The van der Waals surface area contributed by atoms with Crippen LogP contribution in [0.3, 0.4) is 0 Å². The number of nitrogens with zero attached hydrogens (tertiary/aromatic N) is 12. The molecule has 278 valence electrons. The Morgan fingerprint density at radius 2 is 0.559 bits per heavy atom. The van der Waals surface area contributed by atoms with Gasteiger partial charge in [0.2, 0.25) is 17.8 Å². The Bertz CT molecular complexity index is 3350. The minimum absolute atomic E-state index is 0.459. The Kier molecular flexibility index (Phi) is 7.16. The average molecular weight is 767 g/mol. The molecule has 0 amide bonds. The first-order valence-electron chi connectivity index (χ1n) is 18.6. The summed E-state index contributed by atoms with van der Waals surface area (Å²) in [5, 5.41) is 6.28. The number of para-hydroxylation sites is 2. The van der Waals surface area contributed by atoms with Crippen molar-refractivity contribution >= 4 is 65.4 Å². The van der Waals surface area contributed by atoms with Crippen LogP contribution in [0.25, 0.3) is 83.3 Å². The van der Waals surface area contributed by atoms with Gasteiger partial charge in [-0.3, -0.25) is 13.7 Å². The zero-order valence-corrected chi connectivity index (χ0v) is 30.7. The first-order chi connectivity index (χ1) is 29.2. The predicted molar refractivity (Wildman–Crippen MR) is 223 cm³/mol. The maximum Gasteiger partial charge on any atom is 0.237 e. The maximum atomic E-state index is 6.60. The summed E-state index contributed by atoms with van der Waals surface area (Å²) in [5.41, 5.74) is 5.50. The van der Waals surface area contributed by atoms with Gasteiger partial charge in [-0.25, -0.2) is 44.9 Å². The van der Waals surface area contributed by atoms with Gasteiger partial charge in [0.15, 0.2) is 0 Å². The smallest absolute Gasteiger partial charge is 0.237 e. The van der Waals surface area contributed by atoms with Gasteiger partial charge in [-0.05, 0) is 60.7 Å². The van der Waals surface area contributed by atoms with E-state index in [0.717, 1.165) is 65.4 Å². The fourth-order valence-corrected chi connectivity index (χ4v) is 8.10. The van der Waals surface area contributed by atoms with Crippen molar-refractivity contribution in [1.82, 2.24) is 58.6 Å². The van der Waals surface area contributed by atoms with Crippen molar-refractivity contribution in [1.29, 1.82) is 0 Å². The van der Waals surface area contributed by atoms with Gasteiger partial charge in [0.05, 0.1) is 33.1 Å². The van der Waals surface area contributed by atoms with Crippen molar-refractivity contribution in [3.63, 3.8) is 0 Å². The van der Waals surface area contributed by atoms with E-state index in [9.17, 15) is 0 Å². The normalized spacial score (nSPS) is 11.7. The molecule has 0 saturated carbocycles. The lowest BCUT2D eigenvalue weighted by Gasteiger charge is -2.10. The summed E-state index contributed by atoms with van der Waals surface area (Å²) in [5.74, 6) is 4.09. The second kappa shape index (κ2) is 13.0. The number of hydrogen-bond donors (Lipinski definition) is 0. The molecule has 14 nitrogen and oxygen atoms in total. The Hall–Kier alpha value is -8.65. The van der Waals surface area contributed by atoms with Crippen LogP contribution in [0.4, 0.5) is 0 Å². The molecule has 0 fully saturated rings. The lowest BCUT2D eigenvalue weighted by atomic mass is 10.1. The fraction of sp³-hybridized carbons (Fsp3) is 0. The minimum Gasteiger partial charge on any atom is -0.457 e. The van der Waals surface area contributed by atoms with Crippen LogP contribution in [-0.4, -0.2) is 58.6 Å². The monoisotopic (exact) mass is 766 g/mol. The maximum absolute atomic E-state index is 6.60. The molecule has 14 heteroatoms. The van der Waals surface area contributed by atoms with Crippen LogP contribution in [0, 0.1) is 0 Å². The highest BCUT2D eigenvalue weighted by molar-refractivity contribution is 6.11. The Balaban J connectivity index is 0.955. The molecule has 0 radical (unpaired) electrons. The number of aromatic nitrogens is 12. The van der Waals surface area contributed by atoms with Gasteiger partial charge in [-0.1, -0.05) is 36.4 Å². The molecule has 6 aromatic heterocycles. The zero-order valence-electron chi connectivity index (χ0n) is 30.7. The summed E-state index contributed by atoms with van der Waals surface area (Å²) in [4.78, 5) is 39.1. The highest BCUT2D eigenvalue weighted by Gasteiger charge is 2.19. The first-order valence-corrected chi connectivity index (χ1v) is 18.6. The van der Waals surface area contributed by atoms with E-state index in [-0.39, 0.29) is 0 Å². The van der Waals surface area contributed by atoms with Gasteiger partial charge in [0, 0.05) is 56.6 Å². The van der Waals surface area contributed by atoms with Gasteiger partial charge < -0.3 is 9.47 Å². The minimum atomic E-state index is 0.459. The van der Waals surface area contributed by atoms with E-state index in [0.29, 0.717) is 40.8 Å². The molecule has 0 aliphatic heterocycles. The number of fused-ring (bicyclic) bond motifs is 9. The van der Waals surface area contributed by atoms with Gasteiger partial charge in [-0.15, -0.1) is 0 Å². The van der Waals surface area contributed by atoms with Crippen LogP contribution in [0.5, 0.6) is 23.0 Å². The van der Waals surface area contributed by atoms with E-state index < -0.39 is 0 Å². The largest absolute Gasteiger partial charge is 0.457 e. The Morgan fingerprint density at radius 1 is 0.288 bits per heavy atom. The third-order valence-electron chi connectivity index (χ3n) is 10.5. The van der Waals surface area contributed by atoms with Gasteiger partial charge in [0.25, 0.3) is 0 Å². The summed E-state index contributed by atoms with van der Waals surface area (Å²) in [7, 11) is 0. The molecular formula is C45H26N12O2. The van der Waals surface area contributed by atoms with Crippen molar-refractivity contribution in [2.75, 3.05) is 0 Å². The van der Waals surface area contributed by atoms with Gasteiger partial charge in [-0.2, -0.15) is 0 Å². The van der Waals surface area contributed by atoms with Gasteiger partial charge in [0.1, 0.15) is 61.0 Å². The molecule has 0 N–H and O–H groups in total. The number of benzene rings is 6. The predicted octanol–water partition coefficient (Wildman–Crippen LogP) is 9.12. The third kappa shape index (κ3) is 5.24. The molecule has 0 bridgehead atoms. The van der Waals surface area contributed by atoms with E-state index in [1.54, 1.807) is 0 Å². The molecule has 0 aliphatic carbocycles. The zero-order chi connectivity index (χ0) is 38.9. The molecule has 0 saturated heterocycles. The second-order valence-corrected chi connectivity index (χ2v) is 13.8. The number of hydrogen-bond acceptors (Lipinski definition) is 11. The number of rotatable bonds is 7. The van der Waals surface area contributed by atoms with Crippen LogP contribution in [0.15, 0.2) is 159 Å².